The molecule has 0 radical (unpaired) electrons. The van der Waals surface area contributed by atoms with Crippen LogP contribution in [0.15, 0.2) is 27.5 Å². The van der Waals surface area contributed by atoms with Gasteiger partial charge in [-0.2, -0.15) is 0 Å². The fraction of sp³-hybridized carbons (Fsp3) is 0.125. The van der Waals surface area contributed by atoms with Crippen molar-refractivity contribution >= 4 is 15.9 Å². The summed E-state index contributed by atoms with van der Waals surface area (Å²) in [5, 5.41) is 7.50. The minimum Gasteiger partial charge on any atom is -0.480 e. The Hall–Kier alpha value is -1.43. The second-order valence-corrected chi connectivity index (χ2v) is 3.10. The summed E-state index contributed by atoms with van der Waals surface area (Å²) >= 11 is 3.07. The Morgan fingerprint density at radius 2 is 2.29 bits per heavy atom. The molecule has 14 heavy (non-hydrogen) atoms. The van der Waals surface area contributed by atoms with E-state index in [1.807, 2.05) is 0 Å². The van der Waals surface area contributed by atoms with Crippen LogP contribution in [0.5, 0.6) is 5.88 Å². The Kier molecular flexibility index (Phi) is 2.45. The zero-order chi connectivity index (χ0) is 9.97. The molecule has 0 N–H and O–H groups in total. The maximum absolute atomic E-state index is 5.19. The molecule has 5 nitrogen and oxygen atoms in total. The molecule has 0 saturated carbocycles. The zero-order valence-electron chi connectivity index (χ0n) is 7.27. The molecule has 6 heteroatoms. The van der Waals surface area contributed by atoms with Crippen molar-refractivity contribution in [2.45, 2.75) is 0 Å². The Bertz CT molecular complexity index is 444. The summed E-state index contributed by atoms with van der Waals surface area (Å²) in [6, 6.07) is 3.57. The molecule has 2 heterocycles. The number of methoxy groups -OCH3 is 1. The van der Waals surface area contributed by atoms with E-state index in [4.69, 9.17) is 9.15 Å². The number of nitrogens with zero attached hydrogens (tertiary/aromatic N) is 3. The highest BCUT2D eigenvalue weighted by molar-refractivity contribution is 9.10. The number of halogens is 1. The first-order valence-electron chi connectivity index (χ1n) is 3.79. The number of rotatable bonds is 2. The van der Waals surface area contributed by atoms with Gasteiger partial charge in [0.15, 0.2) is 0 Å². The summed E-state index contributed by atoms with van der Waals surface area (Å²) in [7, 11) is 1.54. The van der Waals surface area contributed by atoms with Gasteiger partial charge in [0.2, 0.25) is 5.88 Å². The molecule has 0 bridgehead atoms. The molecule has 0 aliphatic carbocycles. The van der Waals surface area contributed by atoms with Gasteiger partial charge in [-0.1, -0.05) is 0 Å². The first-order valence-corrected chi connectivity index (χ1v) is 4.59. The molecule has 2 rings (SSSR count). The van der Waals surface area contributed by atoms with Crippen molar-refractivity contribution in [3.8, 4) is 17.3 Å². The Labute approximate surface area is 88.3 Å². The average Bonchev–Trinajstić information content (AvgIpc) is 2.65. The molecular weight excluding hydrogens is 250 g/mol. The van der Waals surface area contributed by atoms with E-state index < -0.39 is 0 Å². The van der Waals surface area contributed by atoms with Crippen LogP contribution >= 0.6 is 15.9 Å². The van der Waals surface area contributed by atoms with Crippen LogP contribution in [0.3, 0.4) is 0 Å². The topological polar surface area (TPSA) is 61.0 Å². The quantitative estimate of drug-likeness (QED) is 0.821. The van der Waals surface area contributed by atoms with Crippen molar-refractivity contribution in [1.82, 2.24) is 15.2 Å². The largest absolute Gasteiger partial charge is 0.480 e. The van der Waals surface area contributed by atoms with Crippen LogP contribution in [-0.2, 0) is 0 Å². The van der Waals surface area contributed by atoms with Crippen LogP contribution < -0.4 is 4.74 Å². The van der Waals surface area contributed by atoms with Gasteiger partial charge in [0, 0.05) is 22.1 Å². The maximum Gasteiger partial charge on any atom is 0.285 e. The lowest BCUT2D eigenvalue weighted by molar-refractivity contribution is 0.397. The highest BCUT2D eigenvalue weighted by Gasteiger charge is 2.12. The van der Waals surface area contributed by atoms with Crippen molar-refractivity contribution in [1.29, 1.82) is 0 Å². The van der Waals surface area contributed by atoms with Crippen molar-refractivity contribution in [3.63, 3.8) is 0 Å². The van der Waals surface area contributed by atoms with E-state index in [1.54, 1.807) is 18.3 Å². The second kappa shape index (κ2) is 3.75. The van der Waals surface area contributed by atoms with Crippen molar-refractivity contribution < 1.29 is 9.15 Å². The highest BCUT2D eigenvalue weighted by atomic mass is 79.9. The molecule has 0 fully saturated rings. The molecule has 0 spiro atoms. The Balaban J connectivity index is 2.50. The number of pyridine rings is 1. The van der Waals surface area contributed by atoms with E-state index >= 15 is 0 Å². The van der Waals surface area contributed by atoms with Gasteiger partial charge in [0.1, 0.15) is 5.56 Å². The predicted octanol–water partition coefficient (Wildman–Crippen LogP) is 1.90. The molecule has 0 unspecified atom stereocenters. The van der Waals surface area contributed by atoms with Crippen LogP contribution in [0.2, 0.25) is 0 Å². The lowest BCUT2D eigenvalue weighted by Crippen LogP contribution is -1.90. The van der Waals surface area contributed by atoms with Gasteiger partial charge in [-0.3, -0.25) is 0 Å². The van der Waals surface area contributed by atoms with E-state index in [2.05, 4.69) is 31.1 Å². The molecule has 0 atom stereocenters. The number of aromatic nitrogens is 3. The van der Waals surface area contributed by atoms with E-state index in [9.17, 15) is 0 Å². The van der Waals surface area contributed by atoms with Gasteiger partial charge in [-0.25, -0.2) is 4.98 Å². The standard InChI is InChI=1S/C8H6BrN3O2/c1-13-6-5(3-2-4-10-6)7-11-12-8(9)14-7/h2-4H,1H3. The fourth-order valence-electron chi connectivity index (χ4n) is 1.03. The zero-order valence-corrected chi connectivity index (χ0v) is 8.85. The summed E-state index contributed by atoms with van der Waals surface area (Å²) in [5.41, 5.74) is 0.674. The third-order valence-corrected chi connectivity index (χ3v) is 1.92. The highest BCUT2D eigenvalue weighted by Crippen LogP contribution is 2.26. The normalized spacial score (nSPS) is 10.1. The van der Waals surface area contributed by atoms with Gasteiger partial charge >= 0.3 is 0 Å². The predicted molar refractivity (Wildman–Crippen MR) is 51.8 cm³/mol. The molecule has 0 aromatic carbocycles. The van der Waals surface area contributed by atoms with E-state index in [0.29, 0.717) is 22.1 Å². The summed E-state index contributed by atoms with van der Waals surface area (Å²) < 4.78 is 10.2. The molecular formula is C8H6BrN3O2. The first-order chi connectivity index (χ1) is 6.81. The third-order valence-electron chi connectivity index (χ3n) is 1.60. The SMILES string of the molecule is COc1ncccc1-c1nnc(Br)o1. The van der Waals surface area contributed by atoms with Crippen LogP contribution in [-0.4, -0.2) is 22.3 Å². The van der Waals surface area contributed by atoms with E-state index in [0.717, 1.165) is 0 Å². The third kappa shape index (κ3) is 1.60. The van der Waals surface area contributed by atoms with E-state index in [-0.39, 0.29) is 0 Å². The summed E-state index contributed by atoms with van der Waals surface area (Å²) in [6.45, 7) is 0. The number of ether oxygens (including phenoxy) is 1. The second-order valence-electron chi connectivity index (χ2n) is 2.42. The molecule has 0 aliphatic heterocycles. The van der Waals surface area contributed by atoms with Gasteiger partial charge in [-0.15, -0.1) is 10.2 Å². The van der Waals surface area contributed by atoms with Crippen LogP contribution in [0.25, 0.3) is 11.5 Å². The average molecular weight is 256 g/mol. The minimum absolute atomic E-state index is 0.332. The van der Waals surface area contributed by atoms with Gasteiger partial charge < -0.3 is 9.15 Å². The van der Waals surface area contributed by atoms with E-state index in [1.165, 1.54) is 7.11 Å². The maximum atomic E-state index is 5.19. The first kappa shape index (κ1) is 9.14. The van der Waals surface area contributed by atoms with Crippen LogP contribution in [0.1, 0.15) is 0 Å². The van der Waals surface area contributed by atoms with Crippen molar-refractivity contribution in [3.05, 3.63) is 23.1 Å². The van der Waals surface area contributed by atoms with Crippen molar-refractivity contribution in [2.24, 2.45) is 0 Å². The molecule has 0 amide bonds. The number of hydrogen-bond donors (Lipinski definition) is 0. The Morgan fingerprint density at radius 1 is 1.43 bits per heavy atom. The Morgan fingerprint density at radius 3 is 2.93 bits per heavy atom. The minimum atomic E-state index is 0.332. The van der Waals surface area contributed by atoms with Gasteiger partial charge in [-0.05, 0) is 12.1 Å². The lowest BCUT2D eigenvalue weighted by atomic mass is 10.3. The smallest absolute Gasteiger partial charge is 0.285 e. The molecule has 2 aromatic heterocycles. The van der Waals surface area contributed by atoms with Crippen LogP contribution in [0, 0.1) is 0 Å². The summed E-state index contributed by atoms with van der Waals surface area (Å²) in [4.78, 5) is 4.35. The molecule has 72 valence electrons. The number of hydrogen-bond acceptors (Lipinski definition) is 5. The molecule has 0 saturated heterocycles. The van der Waals surface area contributed by atoms with Crippen LogP contribution in [0.4, 0.5) is 0 Å². The lowest BCUT2D eigenvalue weighted by Gasteiger charge is -2.01. The monoisotopic (exact) mass is 255 g/mol. The summed E-state index contributed by atoms with van der Waals surface area (Å²) in [6.07, 6.45) is 1.63. The molecule has 2 aromatic rings. The van der Waals surface area contributed by atoms with Gasteiger partial charge in [0.05, 0.1) is 7.11 Å². The molecule has 0 aliphatic rings. The van der Waals surface area contributed by atoms with Gasteiger partial charge in [0.25, 0.3) is 10.7 Å². The summed E-state index contributed by atoms with van der Waals surface area (Å²) in [5.74, 6) is 0.838. The fourth-order valence-corrected chi connectivity index (χ4v) is 1.26. The van der Waals surface area contributed by atoms with Crippen molar-refractivity contribution in [2.75, 3.05) is 7.11 Å².